The summed E-state index contributed by atoms with van der Waals surface area (Å²) in [6.07, 6.45) is 4.24. The molecule has 0 radical (unpaired) electrons. The third-order valence-corrected chi connectivity index (χ3v) is 5.36. The molecule has 2 fully saturated rings. The minimum Gasteiger partial charge on any atom is -0.378 e. The molecule has 142 valence electrons. The van der Waals surface area contributed by atoms with Crippen LogP contribution in [0.25, 0.3) is 0 Å². The molecule has 0 spiro atoms. The molecule has 1 aliphatic carbocycles. The molecule has 1 aliphatic heterocycles. The van der Waals surface area contributed by atoms with Crippen LogP contribution < -0.4 is 15.5 Å². The minimum absolute atomic E-state index is 0.116. The van der Waals surface area contributed by atoms with Gasteiger partial charge in [0.2, 0.25) is 11.8 Å². The number of hydrogen-bond donors (Lipinski definition) is 2. The SMILES string of the molecule is CC(=O)NC(C(=O)Nc1ccc(N2CCOCC2)cc1C)C1CCCC1. The van der Waals surface area contributed by atoms with E-state index in [1.807, 2.05) is 19.1 Å². The highest BCUT2D eigenvalue weighted by molar-refractivity contribution is 5.97. The Morgan fingerprint density at radius 3 is 2.50 bits per heavy atom. The lowest BCUT2D eigenvalue weighted by molar-refractivity contribution is -0.126. The standard InChI is InChI=1S/C20H29N3O3/c1-14-13-17(23-9-11-26-12-10-23)7-8-18(14)22-20(25)19(21-15(2)24)16-5-3-4-6-16/h7-8,13,16,19H,3-6,9-12H2,1-2H3,(H,21,24)(H,22,25). The van der Waals surface area contributed by atoms with E-state index in [0.29, 0.717) is 0 Å². The van der Waals surface area contributed by atoms with Crippen LogP contribution in [0.3, 0.4) is 0 Å². The summed E-state index contributed by atoms with van der Waals surface area (Å²) in [6, 6.07) is 5.64. The molecule has 2 amide bonds. The summed E-state index contributed by atoms with van der Waals surface area (Å²) in [4.78, 5) is 26.7. The molecule has 1 saturated heterocycles. The van der Waals surface area contributed by atoms with Gasteiger partial charge in [0.05, 0.1) is 13.2 Å². The van der Waals surface area contributed by atoms with E-state index in [2.05, 4.69) is 21.6 Å². The predicted molar refractivity (Wildman–Crippen MR) is 102 cm³/mol. The number of benzene rings is 1. The van der Waals surface area contributed by atoms with Gasteiger partial charge < -0.3 is 20.3 Å². The van der Waals surface area contributed by atoms with Crippen molar-refractivity contribution in [3.63, 3.8) is 0 Å². The summed E-state index contributed by atoms with van der Waals surface area (Å²) in [5, 5.41) is 5.88. The van der Waals surface area contributed by atoms with E-state index in [9.17, 15) is 9.59 Å². The molecule has 1 heterocycles. The van der Waals surface area contributed by atoms with Crippen molar-refractivity contribution in [3.8, 4) is 0 Å². The fourth-order valence-corrected chi connectivity index (χ4v) is 3.92. The molecular weight excluding hydrogens is 330 g/mol. The van der Waals surface area contributed by atoms with Crippen LogP contribution in [-0.2, 0) is 14.3 Å². The van der Waals surface area contributed by atoms with E-state index in [4.69, 9.17) is 4.74 Å². The van der Waals surface area contributed by atoms with Gasteiger partial charge in [0.15, 0.2) is 0 Å². The summed E-state index contributed by atoms with van der Waals surface area (Å²) in [5.74, 6) is -0.0439. The number of anilines is 2. The molecule has 2 N–H and O–H groups in total. The van der Waals surface area contributed by atoms with E-state index in [-0.39, 0.29) is 17.7 Å². The van der Waals surface area contributed by atoms with Gasteiger partial charge in [0.25, 0.3) is 0 Å². The number of carbonyl (C=O) groups excluding carboxylic acids is 2. The first-order valence-corrected chi connectivity index (χ1v) is 9.56. The lowest BCUT2D eigenvalue weighted by Gasteiger charge is -2.29. The van der Waals surface area contributed by atoms with Crippen molar-refractivity contribution in [1.82, 2.24) is 5.32 Å². The Bertz CT molecular complexity index is 650. The van der Waals surface area contributed by atoms with Gasteiger partial charge in [-0.3, -0.25) is 9.59 Å². The van der Waals surface area contributed by atoms with Gasteiger partial charge in [-0.2, -0.15) is 0 Å². The third-order valence-electron chi connectivity index (χ3n) is 5.36. The first-order chi connectivity index (χ1) is 12.5. The van der Waals surface area contributed by atoms with Gasteiger partial charge in [-0.15, -0.1) is 0 Å². The second kappa shape index (κ2) is 8.54. The van der Waals surface area contributed by atoms with Gasteiger partial charge in [-0.25, -0.2) is 0 Å². The summed E-state index contributed by atoms with van der Waals surface area (Å²) in [5.41, 5.74) is 2.98. The average molecular weight is 359 g/mol. The molecule has 26 heavy (non-hydrogen) atoms. The summed E-state index contributed by atoms with van der Waals surface area (Å²) >= 11 is 0. The number of hydrogen-bond acceptors (Lipinski definition) is 4. The Hall–Kier alpha value is -2.08. The van der Waals surface area contributed by atoms with Crippen LogP contribution in [0.1, 0.15) is 38.2 Å². The number of aryl methyl sites for hydroxylation is 1. The Labute approximate surface area is 155 Å². The highest BCUT2D eigenvalue weighted by Gasteiger charge is 2.31. The predicted octanol–water partition coefficient (Wildman–Crippen LogP) is 2.47. The first-order valence-electron chi connectivity index (χ1n) is 9.56. The molecule has 0 bridgehead atoms. The number of ether oxygens (including phenoxy) is 1. The second-order valence-corrected chi connectivity index (χ2v) is 7.31. The maximum Gasteiger partial charge on any atom is 0.247 e. The maximum absolute atomic E-state index is 12.8. The lowest BCUT2D eigenvalue weighted by atomic mass is 9.97. The van der Waals surface area contributed by atoms with Crippen LogP contribution in [0.2, 0.25) is 0 Å². The normalized spacial score (nSPS) is 19.2. The number of rotatable bonds is 5. The van der Waals surface area contributed by atoms with Crippen molar-refractivity contribution in [3.05, 3.63) is 23.8 Å². The van der Waals surface area contributed by atoms with Crippen LogP contribution >= 0.6 is 0 Å². The number of nitrogens with zero attached hydrogens (tertiary/aromatic N) is 1. The van der Waals surface area contributed by atoms with E-state index < -0.39 is 6.04 Å². The van der Waals surface area contributed by atoms with E-state index in [1.165, 1.54) is 6.92 Å². The highest BCUT2D eigenvalue weighted by atomic mass is 16.5. The zero-order valence-electron chi connectivity index (χ0n) is 15.7. The van der Waals surface area contributed by atoms with E-state index in [1.54, 1.807) is 0 Å². The highest BCUT2D eigenvalue weighted by Crippen LogP contribution is 2.29. The second-order valence-electron chi connectivity index (χ2n) is 7.31. The van der Waals surface area contributed by atoms with Crippen molar-refractivity contribution < 1.29 is 14.3 Å². The van der Waals surface area contributed by atoms with Gasteiger partial charge in [-0.05, 0) is 49.4 Å². The summed E-state index contributed by atoms with van der Waals surface area (Å²) in [6.45, 7) is 6.74. The molecule has 1 saturated carbocycles. The van der Waals surface area contributed by atoms with Crippen LogP contribution in [-0.4, -0.2) is 44.2 Å². The molecule has 0 aromatic heterocycles. The minimum atomic E-state index is -0.451. The molecule has 2 aliphatic rings. The van der Waals surface area contributed by atoms with Crippen LogP contribution in [0, 0.1) is 12.8 Å². The topological polar surface area (TPSA) is 70.7 Å². The van der Waals surface area contributed by atoms with E-state index in [0.717, 1.165) is 68.9 Å². The van der Waals surface area contributed by atoms with Crippen molar-refractivity contribution >= 4 is 23.2 Å². The Morgan fingerprint density at radius 2 is 1.88 bits per heavy atom. The fraction of sp³-hybridized carbons (Fsp3) is 0.600. The van der Waals surface area contributed by atoms with Crippen LogP contribution in [0.5, 0.6) is 0 Å². The molecule has 6 nitrogen and oxygen atoms in total. The largest absolute Gasteiger partial charge is 0.378 e. The zero-order chi connectivity index (χ0) is 18.5. The molecular formula is C20H29N3O3. The Balaban J connectivity index is 1.69. The van der Waals surface area contributed by atoms with Crippen LogP contribution in [0.4, 0.5) is 11.4 Å². The number of morpholine rings is 1. The smallest absolute Gasteiger partial charge is 0.247 e. The van der Waals surface area contributed by atoms with Gasteiger partial charge >= 0.3 is 0 Å². The van der Waals surface area contributed by atoms with Crippen molar-refractivity contribution in [2.24, 2.45) is 5.92 Å². The molecule has 1 atom stereocenters. The Kier molecular flexibility index (Phi) is 6.14. The zero-order valence-corrected chi connectivity index (χ0v) is 15.7. The molecule has 1 aromatic carbocycles. The number of carbonyl (C=O) groups is 2. The van der Waals surface area contributed by atoms with Gasteiger partial charge in [0, 0.05) is 31.4 Å². The summed E-state index contributed by atoms with van der Waals surface area (Å²) < 4.78 is 5.40. The molecule has 1 aromatic rings. The molecule has 6 heteroatoms. The molecule has 1 unspecified atom stereocenters. The maximum atomic E-state index is 12.8. The van der Waals surface area contributed by atoms with Crippen molar-refractivity contribution in [1.29, 1.82) is 0 Å². The first kappa shape index (κ1) is 18.7. The van der Waals surface area contributed by atoms with Crippen molar-refractivity contribution in [2.45, 2.75) is 45.6 Å². The third kappa shape index (κ3) is 4.55. The number of amides is 2. The Morgan fingerprint density at radius 1 is 1.19 bits per heavy atom. The lowest BCUT2D eigenvalue weighted by Crippen LogP contribution is -2.47. The van der Waals surface area contributed by atoms with Crippen LogP contribution in [0.15, 0.2) is 18.2 Å². The summed E-state index contributed by atoms with van der Waals surface area (Å²) in [7, 11) is 0. The molecule has 3 rings (SSSR count). The average Bonchev–Trinajstić information content (AvgIpc) is 3.16. The fourth-order valence-electron chi connectivity index (χ4n) is 3.92. The monoisotopic (exact) mass is 359 g/mol. The van der Waals surface area contributed by atoms with Crippen molar-refractivity contribution in [2.75, 3.05) is 36.5 Å². The van der Waals surface area contributed by atoms with Gasteiger partial charge in [-0.1, -0.05) is 12.8 Å². The van der Waals surface area contributed by atoms with E-state index >= 15 is 0 Å². The quantitative estimate of drug-likeness (QED) is 0.847. The van der Waals surface area contributed by atoms with Gasteiger partial charge in [0.1, 0.15) is 6.04 Å². The number of nitrogens with one attached hydrogen (secondary N) is 2.